The summed E-state index contributed by atoms with van der Waals surface area (Å²) in [6.45, 7) is 2.23. The largest absolute Gasteiger partial charge is 0.331 e. The monoisotopic (exact) mass is 216 g/mol. The molecule has 1 unspecified atom stereocenters. The third-order valence-corrected chi connectivity index (χ3v) is 2.75. The van der Waals surface area contributed by atoms with Crippen LogP contribution in [0.5, 0.6) is 0 Å². The van der Waals surface area contributed by atoms with Gasteiger partial charge in [-0.15, -0.1) is 0 Å². The van der Waals surface area contributed by atoms with Crippen molar-refractivity contribution in [2.75, 3.05) is 18.6 Å². The number of rotatable bonds is 4. The number of nitrogens with zero attached hydrogens (tertiary/aromatic N) is 1. The van der Waals surface area contributed by atoms with Gasteiger partial charge in [0.15, 0.2) is 0 Å². The second-order valence-electron chi connectivity index (χ2n) is 3.24. The van der Waals surface area contributed by atoms with E-state index in [1.54, 1.807) is 11.8 Å². The fraction of sp³-hybridized carbons (Fsp3) is 0.625. The van der Waals surface area contributed by atoms with E-state index in [1.165, 1.54) is 0 Å². The Morgan fingerprint density at radius 3 is 2.50 bits per heavy atom. The number of urea groups is 1. The van der Waals surface area contributed by atoms with Gasteiger partial charge in [-0.1, -0.05) is 6.92 Å². The van der Waals surface area contributed by atoms with Gasteiger partial charge in [0.2, 0.25) is 0 Å². The molecule has 14 heavy (non-hydrogen) atoms. The molecule has 0 radical (unpaired) electrons. The third-order valence-electron chi connectivity index (χ3n) is 1.85. The molecule has 5 nitrogen and oxygen atoms in total. The molecule has 4 amide bonds. The van der Waals surface area contributed by atoms with Crippen molar-refractivity contribution in [3.05, 3.63) is 0 Å². The van der Waals surface area contributed by atoms with Gasteiger partial charge in [0, 0.05) is 6.54 Å². The topological polar surface area (TPSA) is 66.5 Å². The summed E-state index contributed by atoms with van der Waals surface area (Å²) in [6, 6.07) is -0.604. The molecule has 1 fully saturated rings. The summed E-state index contributed by atoms with van der Waals surface area (Å²) < 4.78 is 0. The van der Waals surface area contributed by atoms with Crippen LogP contribution in [0.25, 0.3) is 0 Å². The van der Waals surface area contributed by atoms with E-state index in [0.29, 0.717) is 6.54 Å². The number of thioether (sulfide) groups is 1. The number of carbonyl (C=O) groups is 3. The van der Waals surface area contributed by atoms with Crippen molar-refractivity contribution in [2.24, 2.45) is 5.92 Å². The number of amides is 4. The predicted molar refractivity (Wildman–Crippen MR) is 52.8 cm³/mol. The van der Waals surface area contributed by atoms with Crippen molar-refractivity contribution in [2.45, 2.75) is 6.92 Å². The molecule has 0 saturated carbocycles. The molecule has 0 aromatic rings. The van der Waals surface area contributed by atoms with E-state index in [9.17, 15) is 14.4 Å². The molecule has 0 aliphatic carbocycles. The Hall–Kier alpha value is -1.04. The van der Waals surface area contributed by atoms with E-state index in [4.69, 9.17) is 0 Å². The molecule has 1 atom stereocenters. The smallest absolute Gasteiger partial charge is 0.269 e. The molecule has 0 aromatic carbocycles. The Morgan fingerprint density at radius 1 is 1.43 bits per heavy atom. The summed E-state index contributed by atoms with van der Waals surface area (Å²) in [5.74, 6) is -0.523. The van der Waals surface area contributed by atoms with Crippen LogP contribution < -0.4 is 5.32 Å². The summed E-state index contributed by atoms with van der Waals surface area (Å²) in [7, 11) is 0. The van der Waals surface area contributed by atoms with E-state index in [1.807, 2.05) is 18.5 Å². The predicted octanol–water partition coefficient (Wildman–Crippen LogP) is 0.0639. The van der Waals surface area contributed by atoms with Crippen LogP contribution in [-0.2, 0) is 9.59 Å². The van der Waals surface area contributed by atoms with Crippen LogP contribution in [0, 0.1) is 5.92 Å². The minimum absolute atomic E-state index is 0.200. The van der Waals surface area contributed by atoms with Gasteiger partial charge in [0.25, 0.3) is 0 Å². The first-order valence-electron chi connectivity index (χ1n) is 4.22. The van der Waals surface area contributed by atoms with Crippen LogP contribution in [0.4, 0.5) is 4.79 Å². The Bertz CT molecular complexity index is 280. The molecule has 1 aliphatic heterocycles. The van der Waals surface area contributed by atoms with Crippen molar-refractivity contribution in [3.8, 4) is 0 Å². The highest BCUT2D eigenvalue weighted by Crippen LogP contribution is 2.09. The second kappa shape index (κ2) is 4.45. The normalized spacial score (nSPS) is 18.7. The van der Waals surface area contributed by atoms with Crippen LogP contribution in [0.15, 0.2) is 0 Å². The quantitative estimate of drug-likeness (QED) is 0.533. The highest BCUT2D eigenvalue weighted by Gasteiger charge is 2.37. The maximum atomic E-state index is 11.1. The lowest BCUT2D eigenvalue weighted by Crippen LogP contribution is -2.35. The Balaban J connectivity index is 2.56. The summed E-state index contributed by atoms with van der Waals surface area (Å²) in [6.07, 6.45) is 1.95. The summed E-state index contributed by atoms with van der Waals surface area (Å²) in [4.78, 5) is 34.0. The first-order chi connectivity index (χ1) is 6.56. The zero-order valence-corrected chi connectivity index (χ0v) is 8.89. The number of imide groups is 2. The Kier molecular flexibility index (Phi) is 3.51. The number of carbonyl (C=O) groups excluding carboxylic acids is 3. The maximum absolute atomic E-state index is 11.1. The third kappa shape index (κ3) is 2.25. The molecular formula is C8H12N2O3S. The SMILES string of the molecule is CSCC(C)CN1C(=O)NC(=O)C1=O. The minimum atomic E-state index is -0.827. The van der Waals surface area contributed by atoms with Gasteiger partial charge in [-0.3, -0.25) is 19.8 Å². The first-order valence-corrected chi connectivity index (χ1v) is 5.61. The number of nitrogens with one attached hydrogen (secondary N) is 1. The van der Waals surface area contributed by atoms with E-state index >= 15 is 0 Å². The van der Waals surface area contributed by atoms with Crippen LogP contribution in [0.2, 0.25) is 0 Å². The van der Waals surface area contributed by atoms with Gasteiger partial charge in [0.05, 0.1) is 0 Å². The van der Waals surface area contributed by atoms with Gasteiger partial charge in [-0.25, -0.2) is 4.79 Å². The highest BCUT2D eigenvalue weighted by atomic mass is 32.2. The number of hydrogen-bond acceptors (Lipinski definition) is 4. The van der Waals surface area contributed by atoms with Gasteiger partial charge in [0.1, 0.15) is 0 Å². The fourth-order valence-electron chi connectivity index (χ4n) is 1.25. The van der Waals surface area contributed by atoms with Crippen LogP contribution >= 0.6 is 11.8 Å². The van der Waals surface area contributed by atoms with E-state index in [2.05, 4.69) is 0 Å². The molecule has 0 spiro atoms. The second-order valence-corrected chi connectivity index (χ2v) is 4.15. The Labute approximate surface area is 86.2 Å². The molecular weight excluding hydrogens is 204 g/mol. The van der Waals surface area contributed by atoms with Crippen LogP contribution in [-0.4, -0.2) is 41.3 Å². The maximum Gasteiger partial charge on any atom is 0.331 e. The van der Waals surface area contributed by atoms with Crippen molar-refractivity contribution in [3.63, 3.8) is 0 Å². The number of hydrogen-bond donors (Lipinski definition) is 1. The van der Waals surface area contributed by atoms with E-state index in [-0.39, 0.29) is 5.92 Å². The van der Waals surface area contributed by atoms with Gasteiger partial charge >= 0.3 is 17.8 Å². The first kappa shape index (κ1) is 11.0. The molecule has 0 aromatic heterocycles. The molecule has 1 saturated heterocycles. The van der Waals surface area contributed by atoms with Crippen LogP contribution in [0.1, 0.15) is 6.92 Å². The molecule has 6 heteroatoms. The van der Waals surface area contributed by atoms with Crippen LogP contribution in [0.3, 0.4) is 0 Å². The fourth-order valence-corrected chi connectivity index (χ4v) is 1.92. The van der Waals surface area contributed by atoms with E-state index < -0.39 is 17.8 Å². The highest BCUT2D eigenvalue weighted by molar-refractivity contribution is 7.98. The lowest BCUT2D eigenvalue weighted by Gasteiger charge is -2.16. The van der Waals surface area contributed by atoms with Gasteiger partial charge in [-0.2, -0.15) is 11.8 Å². The summed E-state index contributed by atoms with van der Waals surface area (Å²) >= 11 is 1.64. The van der Waals surface area contributed by atoms with Gasteiger partial charge < -0.3 is 0 Å². The zero-order chi connectivity index (χ0) is 10.7. The molecule has 1 rings (SSSR count). The minimum Gasteiger partial charge on any atom is -0.269 e. The van der Waals surface area contributed by atoms with Crippen molar-refractivity contribution in [1.29, 1.82) is 0 Å². The molecule has 0 bridgehead atoms. The van der Waals surface area contributed by atoms with Crippen molar-refractivity contribution in [1.82, 2.24) is 10.2 Å². The van der Waals surface area contributed by atoms with Gasteiger partial charge in [-0.05, 0) is 17.9 Å². The summed E-state index contributed by atoms with van der Waals surface area (Å²) in [5, 5.41) is 1.96. The zero-order valence-electron chi connectivity index (χ0n) is 8.07. The molecule has 78 valence electrons. The van der Waals surface area contributed by atoms with Crippen molar-refractivity contribution < 1.29 is 14.4 Å². The lowest BCUT2D eigenvalue weighted by molar-refractivity contribution is -0.140. The standard InChI is InChI=1S/C8H12N2O3S/c1-5(4-14-2)3-10-7(12)6(11)9-8(10)13/h5H,3-4H2,1-2H3,(H,9,11,13). The molecule has 1 heterocycles. The van der Waals surface area contributed by atoms with E-state index in [0.717, 1.165) is 10.7 Å². The average molecular weight is 216 g/mol. The van der Waals surface area contributed by atoms with Crippen molar-refractivity contribution >= 4 is 29.6 Å². The average Bonchev–Trinajstić information content (AvgIpc) is 2.33. The lowest BCUT2D eigenvalue weighted by atomic mass is 10.2. The Morgan fingerprint density at radius 2 is 2.07 bits per heavy atom. The molecule has 1 N–H and O–H groups in total. The molecule has 1 aliphatic rings. The summed E-state index contributed by atoms with van der Waals surface area (Å²) in [5.41, 5.74) is 0.